The highest BCUT2D eigenvalue weighted by molar-refractivity contribution is 7.89. The number of carbonyl (C=O) groups excluding carboxylic acids is 1. The molecule has 0 spiro atoms. The first-order valence-corrected chi connectivity index (χ1v) is 13.8. The number of carbonyl (C=O) groups is 1. The van der Waals surface area contributed by atoms with Crippen LogP contribution < -0.4 is 14.2 Å². The average Bonchev–Trinajstić information content (AvgIpc) is 3.33. The molecule has 0 saturated heterocycles. The second-order valence-corrected chi connectivity index (χ2v) is 11.0. The predicted octanol–water partition coefficient (Wildman–Crippen LogP) is 4.08. The molecule has 1 unspecified atom stereocenters. The van der Waals surface area contributed by atoms with Gasteiger partial charge in [0.05, 0.1) is 19.1 Å². The van der Waals surface area contributed by atoms with E-state index in [0.29, 0.717) is 24.5 Å². The lowest BCUT2D eigenvalue weighted by atomic mass is 10.0. The monoisotopic (exact) mass is 535 g/mol. The van der Waals surface area contributed by atoms with Crippen molar-refractivity contribution in [2.75, 3.05) is 27.8 Å². The first kappa shape index (κ1) is 27.2. The standard InChI is InChI=1S/C29H33N3O5S/c1-20-9-12-23(13-10-20)38(34,35)31-26(18-22-19-30-25-8-6-5-7-24(22)25)29(33)32(2)16-15-21-11-14-27(36-3)28(17-21)37-4/h5-14,17,19,26,30-31H,15-16,18H2,1-4H3. The van der Waals surface area contributed by atoms with Gasteiger partial charge in [0.25, 0.3) is 0 Å². The van der Waals surface area contributed by atoms with Crippen molar-refractivity contribution in [2.24, 2.45) is 0 Å². The van der Waals surface area contributed by atoms with Gasteiger partial charge in [0.1, 0.15) is 6.04 Å². The highest BCUT2D eigenvalue weighted by atomic mass is 32.2. The van der Waals surface area contributed by atoms with Crippen LogP contribution in [0.5, 0.6) is 11.5 Å². The average molecular weight is 536 g/mol. The summed E-state index contributed by atoms with van der Waals surface area (Å²) in [6, 6.07) is 18.9. The Morgan fingerprint density at radius 3 is 2.42 bits per heavy atom. The van der Waals surface area contributed by atoms with E-state index in [2.05, 4.69) is 9.71 Å². The number of hydrogen-bond acceptors (Lipinski definition) is 5. The highest BCUT2D eigenvalue weighted by Gasteiger charge is 2.29. The van der Waals surface area contributed by atoms with E-state index in [4.69, 9.17) is 9.47 Å². The zero-order valence-electron chi connectivity index (χ0n) is 22.0. The van der Waals surface area contributed by atoms with Gasteiger partial charge in [-0.15, -0.1) is 0 Å². The van der Waals surface area contributed by atoms with Crippen LogP contribution in [0, 0.1) is 6.92 Å². The van der Waals surface area contributed by atoms with Gasteiger partial charge in [-0.2, -0.15) is 4.72 Å². The maximum absolute atomic E-state index is 13.7. The van der Waals surface area contributed by atoms with Gasteiger partial charge in [0, 0.05) is 30.7 Å². The largest absolute Gasteiger partial charge is 0.493 e. The van der Waals surface area contributed by atoms with Gasteiger partial charge < -0.3 is 19.4 Å². The SMILES string of the molecule is COc1ccc(CCN(C)C(=O)C(Cc2c[nH]c3ccccc23)NS(=O)(=O)c2ccc(C)cc2)cc1OC. The number of fused-ring (bicyclic) bond motifs is 1. The van der Waals surface area contributed by atoms with Crippen molar-refractivity contribution in [1.82, 2.24) is 14.6 Å². The minimum absolute atomic E-state index is 0.118. The first-order chi connectivity index (χ1) is 18.2. The van der Waals surface area contributed by atoms with E-state index < -0.39 is 16.1 Å². The van der Waals surface area contributed by atoms with E-state index in [0.717, 1.165) is 27.6 Å². The Bertz CT molecular complexity index is 1510. The van der Waals surface area contributed by atoms with E-state index in [1.807, 2.05) is 55.6 Å². The molecule has 9 heteroatoms. The van der Waals surface area contributed by atoms with Crippen molar-refractivity contribution >= 4 is 26.8 Å². The molecule has 8 nitrogen and oxygen atoms in total. The Labute approximate surface area is 223 Å². The van der Waals surface area contributed by atoms with Crippen molar-refractivity contribution in [2.45, 2.75) is 30.7 Å². The van der Waals surface area contributed by atoms with Gasteiger partial charge in [-0.3, -0.25) is 4.79 Å². The van der Waals surface area contributed by atoms with E-state index in [-0.39, 0.29) is 17.2 Å². The lowest BCUT2D eigenvalue weighted by Gasteiger charge is -2.25. The molecule has 0 fully saturated rings. The molecule has 0 radical (unpaired) electrons. The molecule has 0 bridgehead atoms. The van der Waals surface area contributed by atoms with Crippen molar-refractivity contribution < 1.29 is 22.7 Å². The summed E-state index contributed by atoms with van der Waals surface area (Å²) >= 11 is 0. The van der Waals surface area contributed by atoms with Crippen LogP contribution in [0.4, 0.5) is 0 Å². The lowest BCUT2D eigenvalue weighted by molar-refractivity contribution is -0.131. The molecule has 2 N–H and O–H groups in total. The number of nitrogens with zero attached hydrogens (tertiary/aromatic N) is 1. The summed E-state index contributed by atoms with van der Waals surface area (Å²) in [6.07, 6.45) is 2.59. The van der Waals surface area contributed by atoms with Gasteiger partial charge in [-0.25, -0.2) is 8.42 Å². The second-order valence-electron chi connectivity index (χ2n) is 9.25. The summed E-state index contributed by atoms with van der Waals surface area (Å²) in [5, 5.41) is 0.952. The smallest absolute Gasteiger partial charge is 0.241 e. The Morgan fingerprint density at radius 1 is 1.00 bits per heavy atom. The Hall–Kier alpha value is -3.82. The quantitative estimate of drug-likeness (QED) is 0.301. The maximum Gasteiger partial charge on any atom is 0.241 e. The molecular formula is C29H33N3O5S. The topological polar surface area (TPSA) is 101 Å². The summed E-state index contributed by atoms with van der Waals surface area (Å²) in [5.41, 5.74) is 3.71. The number of rotatable bonds is 11. The highest BCUT2D eigenvalue weighted by Crippen LogP contribution is 2.28. The normalized spacial score (nSPS) is 12.3. The molecule has 1 amide bonds. The Morgan fingerprint density at radius 2 is 1.71 bits per heavy atom. The number of aryl methyl sites for hydroxylation is 1. The van der Waals surface area contributed by atoms with Crippen LogP contribution in [0.15, 0.2) is 77.8 Å². The number of para-hydroxylation sites is 1. The number of amides is 1. The van der Waals surface area contributed by atoms with Crippen LogP contribution in [0.3, 0.4) is 0 Å². The number of nitrogens with one attached hydrogen (secondary N) is 2. The van der Waals surface area contributed by atoms with E-state index in [1.54, 1.807) is 50.4 Å². The predicted molar refractivity (Wildman–Crippen MR) is 148 cm³/mol. The summed E-state index contributed by atoms with van der Waals surface area (Å²) in [7, 11) is 0.908. The fourth-order valence-electron chi connectivity index (χ4n) is 4.38. The van der Waals surface area contributed by atoms with Crippen molar-refractivity contribution in [3.05, 3.63) is 89.6 Å². The number of benzene rings is 3. The number of ether oxygens (including phenoxy) is 2. The molecule has 0 aliphatic carbocycles. The molecule has 3 aromatic carbocycles. The minimum Gasteiger partial charge on any atom is -0.493 e. The van der Waals surface area contributed by atoms with E-state index in [1.165, 1.54) is 0 Å². The van der Waals surface area contributed by atoms with Crippen LogP contribution in [0.1, 0.15) is 16.7 Å². The number of sulfonamides is 1. The molecule has 1 aromatic heterocycles. The zero-order chi connectivity index (χ0) is 27.3. The van der Waals surface area contributed by atoms with E-state index >= 15 is 0 Å². The molecule has 0 aliphatic rings. The third-order valence-corrected chi connectivity index (χ3v) is 8.07. The Kier molecular flexibility index (Phi) is 8.38. The molecule has 38 heavy (non-hydrogen) atoms. The van der Waals surface area contributed by atoms with Gasteiger partial charge in [-0.1, -0.05) is 42.0 Å². The number of hydrogen-bond donors (Lipinski definition) is 2. The minimum atomic E-state index is -3.93. The fraction of sp³-hybridized carbons (Fsp3) is 0.276. The zero-order valence-corrected chi connectivity index (χ0v) is 22.8. The van der Waals surface area contributed by atoms with Crippen LogP contribution in [-0.4, -0.2) is 58.1 Å². The van der Waals surface area contributed by atoms with Crippen LogP contribution >= 0.6 is 0 Å². The third kappa shape index (κ3) is 6.17. The summed E-state index contributed by atoms with van der Waals surface area (Å²) in [6.45, 7) is 2.28. The third-order valence-electron chi connectivity index (χ3n) is 6.59. The summed E-state index contributed by atoms with van der Waals surface area (Å²) in [4.78, 5) is 18.5. The molecular weight excluding hydrogens is 502 g/mol. The molecule has 1 heterocycles. The fourth-order valence-corrected chi connectivity index (χ4v) is 5.57. The number of aromatic nitrogens is 1. The van der Waals surface area contributed by atoms with Crippen LogP contribution in [-0.2, 0) is 27.7 Å². The van der Waals surface area contributed by atoms with E-state index in [9.17, 15) is 13.2 Å². The number of methoxy groups -OCH3 is 2. The summed E-state index contributed by atoms with van der Waals surface area (Å²) in [5.74, 6) is 0.929. The van der Waals surface area contributed by atoms with Crippen molar-refractivity contribution in [3.63, 3.8) is 0 Å². The number of likely N-dealkylation sites (N-methyl/N-ethyl adjacent to an activating group) is 1. The molecule has 200 valence electrons. The lowest BCUT2D eigenvalue weighted by Crippen LogP contribution is -2.48. The molecule has 1 atom stereocenters. The maximum atomic E-state index is 13.7. The number of H-pyrrole nitrogens is 1. The Balaban J connectivity index is 1.56. The van der Waals surface area contributed by atoms with Gasteiger partial charge >= 0.3 is 0 Å². The molecule has 0 aliphatic heterocycles. The van der Waals surface area contributed by atoms with Gasteiger partial charge in [0.15, 0.2) is 11.5 Å². The van der Waals surface area contributed by atoms with Gasteiger partial charge in [0.2, 0.25) is 15.9 Å². The summed E-state index contributed by atoms with van der Waals surface area (Å²) < 4.78 is 39.9. The molecule has 4 rings (SSSR count). The molecule has 4 aromatic rings. The van der Waals surface area contributed by atoms with Crippen molar-refractivity contribution in [1.29, 1.82) is 0 Å². The van der Waals surface area contributed by atoms with Crippen LogP contribution in [0.2, 0.25) is 0 Å². The number of aromatic amines is 1. The first-order valence-electron chi connectivity index (χ1n) is 12.3. The second kappa shape index (κ2) is 11.7. The van der Waals surface area contributed by atoms with Crippen LogP contribution in [0.25, 0.3) is 10.9 Å². The van der Waals surface area contributed by atoms with Gasteiger partial charge in [-0.05, 0) is 61.2 Å². The van der Waals surface area contributed by atoms with Crippen molar-refractivity contribution in [3.8, 4) is 11.5 Å². The molecule has 0 saturated carbocycles.